The monoisotopic (exact) mass is 391 g/mol. The lowest BCUT2D eigenvalue weighted by atomic mass is 10.00. The minimum atomic E-state index is -0.229. The zero-order chi connectivity index (χ0) is 20.1. The van der Waals surface area contributed by atoms with E-state index in [4.69, 9.17) is 0 Å². The van der Waals surface area contributed by atoms with E-state index in [1.807, 2.05) is 30.3 Å². The molecule has 1 N–H and O–H groups in total. The number of nitrogens with zero attached hydrogens (tertiary/aromatic N) is 2. The Balaban J connectivity index is 1.17. The van der Waals surface area contributed by atoms with Crippen LogP contribution in [-0.4, -0.2) is 47.8 Å². The largest absolute Gasteiger partial charge is 0.356 e. The topological polar surface area (TPSA) is 52.7 Å². The summed E-state index contributed by atoms with van der Waals surface area (Å²) in [5.74, 6) is -0.146. The number of hydrogen-bond acceptors (Lipinski definition) is 3. The molecular formula is C24H29N3O2. The van der Waals surface area contributed by atoms with Gasteiger partial charge in [-0.1, -0.05) is 54.6 Å². The lowest BCUT2D eigenvalue weighted by Crippen LogP contribution is -2.36. The van der Waals surface area contributed by atoms with Gasteiger partial charge in [0.05, 0.1) is 5.92 Å². The SMILES string of the molecule is O=C(NCCCN1CCc2ccccc2C1)C1CC(=O)N(Cc2ccccc2)C1. The molecule has 5 heteroatoms. The zero-order valence-electron chi connectivity index (χ0n) is 16.8. The molecule has 2 aliphatic rings. The minimum Gasteiger partial charge on any atom is -0.356 e. The second kappa shape index (κ2) is 9.23. The van der Waals surface area contributed by atoms with Crippen molar-refractivity contribution in [3.63, 3.8) is 0 Å². The summed E-state index contributed by atoms with van der Waals surface area (Å²) in [6, 6.07) is 18.6. The van der Waals surface area contributed by atoms with E-state index in [1.54, 1.807) is 4.90 Å². The molecule has 2 heterocycles. The molecule has 0 aromatic heterocycles. The van der Waals surface area contributed by atoms with Gasteiger partial charge < -0.3 is 10.2 Å². The highest BCUT2D eigenvalue weighted by Crippen LogP contribution is 2.21. The predicted octanol–water partition coefficient (Wildman–Crippen LogP) is 2.60. The van der Waals surface area contributed by atoms with Crippen LogP contribution in [0.4, 0.5) is 0 Å². The fourth-order valence-corrected chi connectivity index (χ4v) is 4.31. The van der Waals surface area contributed by atoms with Gasteiger partial charge >= 0.3 is 0 Å². The van der Waals surface area contributed by atoms with Gasteiger partial charge in [-0.05, 0) is 29.5 Å². The van der Waals surface area contributed by atoms with E-state index in [2.05, 4.69) is 34.5 Å². The van der Waals surface area contributed by atoms with E-state index >= 15 is 0 Å². The van der Waals surface area contributed by atoms with E-state index in [0.29, 0.717) is 26.1 Å². The Bertz CT molecular complexity index is 852. The third kappa shape index (κ3) is 5.04. The molecule has 5 nitrogen and oxygen atoms in total. The molecule has 2 aromatic rings. The number of nitrogens with one attached hydrogen (secondary N) is 1. The second-order valence-corrected chi connectivity index (χ2v) is 8.10. The first-order chi connectivity index (χ1) is 14.2. The van der Waals surface area contributed by atoms with Crippen molar-refractivity contribution >= 4 is 11.8 Å². The minimum absolute atomic E-state index is 0.0119. The van der Waals surface area contributed by atoms with Crippen LogP contribution in [0.2, 0.25) is 0 Å². The number of amides is 2. The third-order valence-corrected chi connectivity index (χ3v) is 5.96. The number of rotatable bonds is 7. The van der Waals surface area contributed by atoms with Crippen LogP contribution in [0, 0.1) is 5.92 Å². The van der Waals surface area contributed by atoms with Gasteiger partial charge in [-0.15, -0.1) is 0 Å². The molecule has 2 aromatic carbocycles. The molecule has 0 bridgehead atoms. The first-order valence-corrected chi connectivity index (χ1v) is 10.6. The Kier molecular flexibility index (Phi) is 6.25. The van der Waals surface area contributed by atoms with Crippen molar-refractivity contribution in [2.45, 2.75) is 32.4 Å². The van der Waals surface area contributed by atoms with Gasteiger partial charge in [0.2, 0.25) is 11.8 Å². The standard InChI is InChI=1S/C24H29N3O2/c28-23-15-22(18-27(23)16-19-7-2-1-3-8-19)24(29)25-12-6-13-26-14-11-20-9-4-5-10-21(20)17-26/h1-5,7-10,22H,6,11-18H2,(H,25,29). The van der Waals surface area contributed by atoms with E-state index in [9.17, 15) is 9.59 Å². The molecule has 1 unspecified atom stereocenters. The Hall–Kier alpha value is -2.66. The van der Waals surface area contributed by atoms with Gasteiger partial charge in [-0.25, -0.2) is 0 Å². The van der Waals surface area contributed by atoms with Crippen molar-refractivity contribution in [2.75, 3.05) is 26.2 Å². The summed E-state index contributed by atoms with van der Waals surface area (Å²) < 4.78 is 0. The molecule has 0 saturated carbocycles. The fourth-order valence-electron chi connectivity index (χ4n) is 4.31. The van der Waals surface area contributed by atoms with Crippen LogP contribution in [0.5, 0.6) is 0 Å². The van der Waals surface area contributed by atoms with Crippen molar-refractivity contribution in [1.29, 1.82) is 0 Å². The summed E-state index contributed by atoms with van der Waals surface area (Å²) in [6.45, 7) is 4.83. The number of likely N-dealkylation sites (tertiary alicyclic amines) is 1. The smallest absolute Gasteiger partial charge is 0.225 e. The molecule has 2 amide bonds. The van der Waals surface area contributed by atoms with Crippen LogP contribution in [0.15, 0.2) is 54.6 Å². The maximum atomic E-state index is 12.5. The lowest BCUT2D eigenvalue weighted by molar-refractivity contribution is -0.129. The zero-order valence-corrected chi connectivity index (χ0v) is 16.8. The average Bonchev–Trinajstić information content (AvgIpc) is 3.12. The molecule has 152 valence electrons. The maximum Gasteiger partial charge on any atom is 0.225 e. The summed E-state index contributed by atoms with van der Waals surface area (Å²) in [5.41, 5.74) is 3.98. The average molecular weight is 392 g/mol. The molecule has 4 rings (SSSR count). The second-order valence-electron chi connectivity index (χ2n) is 8.10. The Morgan fingerprint density at radius 1 is 1.03 bits per heavy atom. The number of carbonyl (C=O) groups is 2. The van der Waals surface area contributed by atoms with Gasteiger partial charge in [0.25, 0.3) is 0 Å². The number of hydrogen-bond donors (Lipinski definition) is 1. The van der Waals surface area contributed by atoms with E-state index in [-0.39, 0.29) is 17.7 Å². The highest BCUT2D eigenvalue weighted by molar-refractivity contribution is 5.89. The normalized spacial score (nSPS) is 19.2. The first kappa shape index (κ1) is 19.6. The summed E-state index contributed by atoms with van der Waals surface area (Å²) in [4.78, 5) is 29.0. The third-order valence-electron chi connectivity index (χ3n) is 5.96. The van der Waals surface area contributed by atoms with Gasteiger partial charge in [-0.2, -0.15) is 0 Å². The molecule has 0 aliphatic carbocycles. The van der Waals surface area contributed by atoms with Crippen molar-refractivity contribution in [1.82, 2.24) is 15.1 Å². The predicted molar refractivity (Wildman–Crippen MR) is 113 cm³/mol. The quantitative estimate of drug-likeness (QED) is 0.738. The Labute approximate surface area is 172 Å². The van der Waals surface area contributed by atoms with Crippen molar-refractivity contribution in [2.24, 2.45) is 5.92 Å². The first-order valence-electron chi connectivity index (χ1n) is 10.6. The fraction of sp³-hybridized carbons (Fsp3) is 0.417. The summed E-state index contributed by atoms with van der Waals surface area (Å²) in [7, 11) is 0. The summed E-state index contributed by atoms with van der Waals surface area (Å²) in [5, 5.41) is 3.04. The summed E-state index contributed by atoms with van der Waals surface area (Å²) >= 11 is 0. The molecular weight excluding hydrogens is 362 g/mol. The maximum absolute atomic E-state index is 12.5. The molecule has 1 fully saturated rings. The van der Waals surface area contributed by atoms with Crippen molar-refractivity contribution in [3.8, 4) is 0 Å². The van der Waals surface area contributed by atoms with Gasteiger partial charge in [0, 0.05) is 45.7 Å². The van der Waals surface area contributed by atoms with Gasteiger partial charge in [0.15, 0.2) is 0 Å². The van der Waals surface area contributed by atoms with Crippen LogP contribution < -0.4 is 5.32 Å². The lowest BCUT2D eigenvalue weighted by Gasteiger charge is -2.28. The van der Waals surface area contributed by atoms with Crippen LogP contribution >= 0.6 is 0 Å². The summed E-state index contributed by atoms with van der Waals surface area (Å²) in [6.07, 6.45) is 2.36. The Morgan fingerprint density at radius 3 is 2.62 bits per heavy atom. The van der Waals surface area contributed by atoms with Crippen LogP contribution in [0.1, 0.15) is 29.5 Å². The van der Waals surface area contributed by atoms with Gasteiger partial charge in [0.1, 0.15) is 0 Å². The molecule has 0 radical (unpaired) electrons. The number of fused-ring (bicyclic) bond motifs is 1. The molecule has 2 aliphatic heterocycles. The van der Waals surface area contributed by atoms with E-state index < -0.39 is 0 Å². The molecule has 29 heavy (non-hydrogen) atoms. The van der Waals surface area contributed by atoms with Crippen LogP contribution in [0.3, 0.4) is 0 Å². The molecule has 1 saturated heterocycles. The van der Waals surface area contributed by atoms with E-state index in [0.717, 1.165) is 38.0 Å². The Morgan fingerprint density at radius 2 is 1.79 bits per heavy atom. The van der Waals surface area contributed by atoms with E-state index in [1.165, 1.54) is 11.1 Å². The highest BCUT2D eigenvalue weighted by Gasteiger charge is 2.34. The van der Waals surface area contributed by atoms with Crippen molar-refractivity contribution < 1.29 is 9.59 Å². The van der Waals surface area contributed by atoms with Crippen molar-refractivity contribution in [3.05, 3.63) is 71.3 Å². The van der Waals surface area contributed by atoms with Crippen LogP contribution in [-0.2, 0) is 29.1 Å². The van der Waals surface area contributed by atoms with Crippen LogP contribution in [0.25, 0.3) is 0 Å². The molecule has 1 atom stereocenters. The molecule has 0 spiro atoms. The highest BCUT2D eigenvalue weighted by atomic mass is 16.2. The number of carbonyl (C=O) groups excluding carboxylic acids is 2. The number of benzene rings is 2. The van der Waals surface area contributed by atoms with Gasteiger partial charge in [-0.3, -0.25) is 14.5 Å².